The number of anilines is 1. The SMILES string of the molecule is CC(C)[C@H](CNC(=O)c1ccc2c(c1)NC(=O)CCS2)N(C)C. The number of likely N-dealkylation sites (N-methyl/N-ethyl adjacent to an activating group) is 1. The minimum atomic E-state index is -0.108. The van der Waals surface area contributed by atoms with E-state index in [9.17, 15) is 9.59 Å². The molecule has 0 saturated heterocycles. The van der Waals surface area contributed by atoms with Crippen LogP contribution in [0.15, 0.2) is 23.1 Å². The second-order valence-electron chi connectivity index (χ2n) is 6.34. The van der Waals surface area contributed by atoms with E-state index < -0.39 is 0 Å². The van der Waals surface area contributed by atoms with Gasteiger partial charge in [-0.3, -0.25) is 9.59 Å². The van der Waals surface area contributed by atoms with Crippen LogP contribution in [0.1, 0.15) is 30.6 Å². The first-order valence-corrected chi connectivity index (χ1v) is 8.88. The van der Waals surface area contributed by atoms with E-state index in [2.05, 4.69) is 29.4 Å². The first kappa shape index (κ1) is 17.8. The van der Waals surface area contributed by atoms with Gasteiger partial charge >= 0.3 is 0 Å². The number of hydrogen-bond acceptors (Lipinski definition) is 4. The Labute approximate surface area is 142 Å². The summed E-state index contributed by atoms with van der Waals surface area (Å²) in [6.07, 6.45) is 0.500. The Bertz CT molecular complexity index is 579. The minimum Gasteiger partial charge on any atom is -0.350 e. The number of rotatable bonds is 5. The van der Waals surface area contributed by atoms with Gasteiger partial charge in [-0.1, -0.05) is 13.8 Å². The lowest BCUT2D eigenvalue weighted by Gasteiger charge is -2.28. The molecule has 1 heterocycles. The van der Waals surface area contributed by atoms with E-state index in [1.165, 1.54) is 0 Å². The van der Waals surface area contributed by atoms with Gasteiger partial charge in [0.25, 0.3) is 5.91 Å². The summed E-state index contributed by atoms with van der Waals surface area (Å²) < 4.78 is 0. The van der Waals surface area contributed by atoms with Crippen LogP contribution in [0.3, 0.4) is 0 Å². The lowest BCUT2D eigenvalue weighted by Crippen LogP contribution is -2.43. The first-order valence-electron chi connectivity index (χ1n) is 7.90. The third-order valence-corrected chi connectivity index (χ3v) is 5.08. The predicted molar refractivity (Wildman–Crippen MR) is 95.1 cm³/mol. The summed E-state index contributed by atoms with van der Waals surface area (Å²) in [5, 5.41) is 5.87. The van der Waals surface area contributed by atoms with Gasteiger partial charge < -0.3 is 15.5 Å². The Balaban J connectivity index is 2.07. The molecule has 0 saturated carbocycles. The summed E-state index contributed by atoms with van der Waals surface area (Å²) in [6, 6.07) is 5.78. The molecule has 0 unspecified atom stereocenters. The van der Waals surface area contributed by atoms with Gasteiger partial charge in [-0.05, 0) is 38.2 Å². The number of nitrogens with zero attached hydrogens (tertiary/aromatic N) is 1. The summed E-state index contributed by atoms with van der Waals surface area (Å²) in [7, 11) is 4.04. The molecule has 1 aromatic carbocycles. The summed E-state index contributed by atoms with van der Waals surface area (Å²) in [5.74, 6) is 1.11. The highest BCUT2D eigenvalue weighted by Gasteiger charge is 2.19. The molecule has 23 heavy (non-hydrogen) atoms. The number of carbonyl (C=O) groups is 2. The van der Waals surface area contributed by atoms with Crippen molar-refractivity contribution in [2.45, 2.75) is 31.2 Å². The molecule has 0 fully saturated rings. The highest BCUT2D eigenvalue weighted by molar-refractivity contribution is 7.99. The van der Waals surface area contributed by atoms with Gasteiger partial charge in [0.2, 0.25) is 5.91 Å². The third kappa shape index (κ3) is 4.72. The van der Waals surface area contributed by atoms with Crippen molar-refractivity contribution in [1.29, 1.82) is 0 Å². The van der Waals surface area contributed by atoms with Crippen LogP contribution in [0, 0.1) is 5.92 Å². The van der Waals surface area contributed by atoms with Crippen LogP contribution in [0.4, 0.5) is 5.69 Å². The van der Waals surface area contributed by atoms with Crippen LogP contribution in [-0.2, 0) is 4.79 Å². The van der Waals surface area contributed by atoms with Crippen LogP contribution in [0.25, 0.3) is 0 Å². The van der Waals surface area contributed by atoms with Crippen LogP contribution >= 0.6 is 11.8 Å². The summed E-state index contributed by atoms with van der Waals surface area (Å²) >= 11 is 1.64. The smallest absolute Gasteiger partial charge is 0.251 e. The molecule has 0 aliphatic carbocycles. The molecular formula is C17H25N3O2S. The summed E-state index contributed by atoms with van der Waals surface area (Å²) in [6.45, 7) is 4.89. The maximum absolute atomic E-state index is 12.4. The molecule has 0 aromatic heterocycles. The molecule has 5 nitrogen and oxygen atoms in total. The van der Waals surface area contributed by atoms with E-state index in [1.807, 2.05) is 26.2 Å². The normalized spacial score (nSPS) is 15.8. The molecule has 1 aliphatic rings. The molecule has 1 aliphatic heterocycles. The topological polar surface area (TPSA) is 61.4 Å². The van der Waals surface area contributed by atoms with E-state index in [4.69, 9.17) is 0 Å². The molecule has 2 N–H and O–H groups in total. The second-order valence-corrected chi connectivity index (χ2v) is 7.48. The quantitative estimate of drug-likeness (QED) is 0.868. The number of amides is 2. The third-order valence-electron chi connectivity index (χ3n) is 4.01. The van der Waals surface area contributed by atoms with Crippen molar-refractivity contribution < 1.29 is 9.59 Å². The fourth-order valence-corrected chi connectivity index (χ4v) is 3.61. The second kappa shape index (κ2) is 7.84. The highest BCUT2D eigenvalue weighted by Crippen LogP contribution is 2.31. The zero-order chi connectivity index (χ0) is 17.0. The van der Waals surface area contributed by atoms with Crippen LogP contribution < -0.4 is 10.6 Å². The van der Waals surface area contributed by atoms with Crippen molar-refractivity contribution in [2.75, 3.05) is 31.7 Å². The largest absolute Gasteiger partial charge is 0.350 e. The Morgan fingerprint density at radius 1 is 1.39 bits per heavy atom. The van der Waals surface area contributed by atoms with Crippen molar-refractivity contribution in [2.24, 2.45) is 5.92 Å². The van der Waals surface area contributed by atoms with Gasteiger partial charge in [0.1, 0.15) is 0 Å². The lowest BCUT2D eigenvalue weighted by molar-refractivity contribution is -0.115. The Hall–Kier alpha value is -1.53. The van der Waals surface area contributed by atoms with Crippen LogP contribution in [0.2, 0.25) is 0 Å². The number of nitrogens with one attached hydrogen (secondary N) is 2. The molecule has 0 radical (unpaired) electrons. The number of hydrogen-bond donors (Lipinski definition) is 2. The molecule has 6 heteroatoms. The zero-order valence-corrected chi connectivity index (χ0v) is 15.0. The molecule has 1 aromatic rings. The monoisotopic (exact) mass is 335 g/mol. The molecule has 0 spiro atoms. The maximum Gasteiger partial charge on any atom is 0.251 e. The molecule has 1 atom stereocenters. The maximum atomic E-state index is 12.4. The van der Waals surface area contributed by atoms with Gasteiger partial charge in [-0.2, -0.15) is 0 Å². The van der Waals surface area contributed by atoms with E-state index >= 15 is 0 Å². The fourth-order valence-electron chi connectivity index (χ4n) is 2.68. The number of benzene rings is 1. The van der Waals surface area contributed by atoms with E-state index in [0.29, 0.717) is 24.4 Å². The van der Waals surface area contributed by atoms with Crippen molar-refractivity contribution in [3.63, 3.8) is 0 Å². The number of fused-ring (bicyclic) bond motifs is 1. The van der Waals surface area contributed by atoms with Crippen molar-refractivity contribution >= 4 is 29.3 Å². The van der Waals surface area contributed by atoms with Crippen molar-refractivity contribution in [3.8, 4) is 0 Å². The van der Waals surface area contributed by atoms with E-state index in [0.717, 1.165) is 16.3 Å². The Kier molecular flexibility index (Phi) is 6.07. The number of carbonyl (C=O) groups excluding carboxylic acids is 2. The molecule has 2 amide bonds. The fraction of sp³-hybridized carbons (Fsp3) is 0.529. The lowest BCUT2D eigenvalue weighted by atomic mass is 10.0. The van der Waals surface area contributed by atoms with Crippen LogP contribution in [-0.4, -0.2) is 49.1 Å². The standard InChI is InChI=1S/C17H25N3O2S/c1-11(2)14(20(3)4)10-18-17(22)12-5-6-15-13(9-12)19-16(21)7-8-23-15/h5-6,9,11,14H,7-8,10H2,1-4H3,(H,18,22)(H,19,21)/t14-/m0/s1. The highest BCUT2D eigenvalue weighted by atomic mass is 32.2. The minimum absolute atomic E-state index is 0.00119. The first-order chi connectivity index (χ1) is 10.9. The van der Waals surface area contributed by atoms with Gasteiger partial charge in [0, 0.05) is 35.2 Å². The van der Waals surface area contributed by atoms with E-state index in [1.54, 1.807) is 17.8 Å². The summed E-state index contributed by atoms with van der Waals surface area (Å²) in [4.78, 5) is 27.2. The van der Waals surface area contributed by atoms with Gasteiger partial charge in [0.05, 0.1) is 5.69 Å². The van der Waals surface area contributed by atoms with Crippen LogP contribution in [0.5, 0.6) is 0 Å². The number of thioether (sulfide) groups is 1. The Morgan fingerprint density at radius 3 is 2.78 bits per heavy atom. The zero-order valence-electron chi connectivity index (χ0n) is 14.2. The van der Waals surface area contributed by atoms with Crippen molar-refractivity contribution in [3.05, 3.63) is 23.8 Å². The van der Waals surface area contributed by atoms with Gasteiger partial charge in [-0.15, -0.1) is 11.8 Å². The van der Waals surface area contributed by atoms with E-state index in [-0.39, 0.29) is 17.9 Å². The molecule has 126 valence electrons. The van der Waals surface area contributed by atoms with Crippen molar-refractivity contribution in [1.82, 2.24) is 10.2 Å². The summed E-state index contributed by atoms with van der Waals surface area (Å²) in [5.41, 5.74) is 1.31. The molecule has 2 rings (SSSR count). The predicted octanol–water partition coefficient (Wildman–Crippen LogP) is 2.44. The Morgan fingerprint density at radius 2 is 2.13 bits per heavy atom. The van der Waals surface area contributed by atoms with Gasteiger partial charge in [0.15, 0.2) is 0 Å². The average molecular weight is 335 g/mol. The average Bonchev–Trinajstić information content (AvgIpc) is 2.66. The molecular weight excluding hydrogens is 310 g/mol. The molecule has 0 bridgehead atoms. The van der Waals surface area contributed by atoms with Gasteiger partial charge in [-0.25, -0.2) is 0 Å².